The fourth-order valence-corrected chi connectivity index (χ4v) is 4.59. The number of piperazine rings is 1. The van der Waals surface area contributed by atoms with Crippen LogP contribution >= 0.6 is 0 Å². The Labute approximate surface area is 197 Å². The number of fused-ring (bicyclic) bond motifs is 3. The maximum Gasteiger partial charge on any atom is 0.277 e. The van der Waals surface area contributed by atoms with Gasteiger partial charge >= 0.3 is 0 Å². The molecule has 1 saturated heterocycles. The van der Waals surface area contributed by atoms with Crippen LogP contribution in [0.15, 0.2) is 35.3 Å². The summed E-state index contributed by atoms with van der Waals surface area (Å²) in [7, 11) is 1.45. The predicted molar refractivity (Wildman–Crippen MR) is 123 cm³/mol. The minimum atomic E-state index is -0.778. The van der Waals surface area contributed by atoms with E-state index in [9.17, 15) is 18.4 Å². The molecule has 0 aliphatic carbocycles. The van der Waals surface area contributed by atoms with Crippen molar-refractivity contribution in [1.82, 2.24) is 29.8 Å². The fourth-order valence-electron chi connectivity index (χ4n) is 4.59. The Bertz CT molecular complexity index is 1520. The number of carbonyl (C=O) groups excluding carboxylic acids is 1. The topological polar surface area (TPSA) is 98.6 Å². The van der Waals surface area contributed by atoms with Gasteiger partial charge in [-0.25, -0.2) is 18.3 Å². The van der Waals surface area contributed by atoms with E-state index >= 15 is 4.39 Å². The van der Waals surface area contributed by atoms with Gasteiger partial charge in [0, 0.05) is 44.8 Å². The second-order valence-electron chi connectivity index (χ2n) is 8.50. The quantitative estimate of drug-likeness (QED) is 0.430. The van der Waals surface area contributed by atoms with Gasteiger partial charge in [-0.05, 0) is 25.1 Å². The fraction of sp³-hybridized carbons (Fsp3) is 0.304. The van der Waals surface area contributed by atoms with E-state index in [1.54, 1.807) is 12.1 Å². The first-order valence-electron chi connectivity index (χ1n) is 11.0. The second kappa shape index (κ2) is 8.69. The molecule has 1 amide bonds. The summed E-state index contributed by atoms with van der Waals surface area (Å²) in [6, 6.07) is 6.09. The van der Waals surface area contributed by atoms with E-state index in [0.29, 0.717) is 30.9 Å². The Morgan fingerprint density at radius 3 is 2.71 bits per heavy atom. The number of benzene rings is 1. The molecule has 0 saturated carbocycles. The Kier molecular flexibility index (Phi) is 5.67. The van der Waals surface area contributed by atoms with Crippen molar-refractivity contribution >= 4 is 28.1 Å². The summed E-state index contributed by atoms with van der Waals surface area (Å²) in [6.45, 7) is 3.71. The zero-order valence-corrected chi connectivity index (χ0v) is 19.0. The highest BCUT2D eigenvalue weighted by atomic mass is 19.1. The number of halogens is 3. The maximum atomic E-state index is 15.3. The molecule has 3 aromatic heterocycles. The van der Waals surface area contributed by atoms with Crippen molar-refractivity contribution in [2.45, 2.75) is 19.5 Å². The van der Waals surface area contributed by atoms with E-state index in [-0.39, 0.29) is 34.8 Å². The van der Waals surface area contributed by atoms with Gasteiger partial charge in [0.25, 0.3) is 11.5 Å². The van der Waals surface area contributed by atoms with Crippen LogP contribution in [-0.2, 0) is 6.54 Å². The van der Waals surface area contributed by atoms with Gasteiger partial charge < -0.3 is 15.2 Å². The van der Waals surface area contributed by atoms with E-state index in [0.717, 1.165) is 10.7 Å². The highest BCUT2D eigenvalue weighted by Gasteiger charge is 2.27. The number of nitrogens with one attached hydrogen (secondary N) is 2. The van der Waals surface area contributed by atoms with Gasteiger partial charge in [0.2, 0.25) is 5.95 Å². The van der Waals surface area contributed by atoms with E-state index in [4.69, 9.17) is 0 Å². The number of aromatic nitrogens is 4. The molecule has 182 valence electrons. The number of anilines is 1. The Balaban J connectivity index is 1.36. The summed E-state index contributed by atoms with van der Waals surface area (Å²) in [4.78, 5) is 34.0. The van der Waals surface area contributed by atoms with Gasteiger partial charge in [-0.3, -0.25) is 14.5 Å². The molecule has 1 aromatic carbocycles. The first-order chi connectivity index (χ1) is 16.8. The third-order valence-corrected chi connectivity index (χ3v) is 6.31. The van der Waals surface area contributed by atoms with E-state index in [2.05, 4.69) is 20.4 Å². The highest BCUT2D eigenvalue weighted by molar-refractivity contribution is 5.92. The van der Waals surface area contributed by atoms with Crippen LogP contribution < -0.4 is 15.8 Å². The monoisotopic (exact) mass is 485 g/mol. The van der Waals surface area contributed by atoms with Crippen LogP contribution in [0.4, 0.5) is 18.9 Å². The standard InChI is InChI=1S/C23H22F3N7O2/c1-12-10-31(7-8-32(12)17-6-4-15(22(34)27-2)29-21(17)26)11-13-3-5-16-19(18(13)25)30-23(35)20-14(24)9-28-33(16)20/h3-6,9,12H,7-8,10-11H2,1-2H3,(H,27,34)(H,30,35)/t12-/m1/s1. The number of hydrogen-bond acceptors (Lipinski definition) is 6. The summed E-state index contributed by atoms with van der Waals surface area (Å²) in [5.41, 5.74) is -0.146. The largest absolute Gasteiger partial charge is 0.363 e. The molecule has 5 rings (SSSR count). The zero-order chi connectivity index (χ0) is 24.9. The van der Waals surface area contributed by atoms with Crippen LogP contribution in [0.3, 0.4) is 0 Å². The lowest BCUT2D eigenvalue weighted by Crippen LogP contribution is -2.52. The van der Waals surface area contributed by atoms with E-state index < -0.39 is 29.0 Å². The average molecular weight is 485 g/mol. The molecule has 9 nitrogen and oxygen atoms in total. The summed E-state index contributed by atoms with van der Waals surface area (Å²) in [5.74, 6) is -2.57. The number of pyridine rings is 1. The maximum absolute atomic E-state index is 15.3. The number of H-pyrrole nitrogens is 1. The van der Waals surface area contributed by atoms with Gasteiger partial charge in [-0.15, -0.1) is 0 Å². The van der Waals surface area contributed by atoms with Gasteiger partial charge in [0.1, 0.15) is 11.2 Å². The zero-order valence-electron chi connectivity index (χ0n) is 19.0. The normalized spacial score (nSPS) is 16.8. The van der Waals surface area contributed by atoms with Crippen molar-refractivity contribution in [3.8, 4) is 0 Å². The van der Waals surface area contributed by atoms with Gasteiger partial charge in [0.05, 0.1) is 17.4 Å². The molecule has 0 radical (unpaired) electrons. The number of amides is 1. The molecule has 4 heterocycles. The number of carbonyl (C=O) groups is 1. The molecule has 1 atom stereocenters. The van der Waals surface area contributed by atoms with Crippen molar-refractivity contribution < 1.29 is 18.0 Å². The van der Waals surface area contributed by atoms with Crippen LogP contribution in [0.1, 0.15) is 23.0 Å². The first-order valence-corrected chi connectivity index (χ1v) is 11.0. The van der Waals surface area contributed by atoms with Crippen molar-refractivity contribution in [1.29, 1.82) is 0 Å². The lowest BCUT2D eigenvalue weighted by atomic mass is 10.1. The highest BCUT2D eigenvalue weighted by Crippen LogP contribution is 2.26. The van der Waals surface area contributed by atoms with Crippen molar-refractivity contribution in [2.24, 2.45) is 0 Å². The lowest BCUT2D eigenvalue weighted by molar-refractivity contribution is 0.0957. The molecule has 12 heteroatoms. The van der Waals surface area contributed by atoms with Crippen molar-refractivity contribution in [3.63, 3.8) is 0 Å². The number of nitrogens with zero attached hydrogens (tertiary/aromatic N) is 5. The third-order valence-electron chi connectivity index (χ3n) is 6.31. The lowest BCUT2D eigenvalue weighted by Gasteiger charge is -2.41. The van der Waals surface area contributed by atoms with E-state index in [1.807, 2.05) is 16.7 Å². The van der Waals surface area contributed by atoms with Crippen LogP contribution in [0, 0.1) is 17.6 Å². The van der Waals surface area contributed by atoms with Gasteiger partial charge in [-0.2, -0.15) is 9.49 Å². The first kappa shape index (κ1) is 22.8. The van der Waals surface area contributed by atoms with Crippen LogP contribution in [-0.4, -0.2) is 63.1 Å². The smallest absolute Gasteiger partial charge is 0.277 e. The molecule has 35 heavy (non-hydrogen) atoms. The molecule has 2 N–H and O–H groups in total. The summed E-state index contributed by atoms with van der Waals surface area (Å²) in [6.07, 6.45) is 0.918. The number of hydrogen-bond donors (Lipinski definition) is 2. The van der Waals surface area contributed by atoms with E-state index in [1.165, 1.54) is 19.2 Å². The number of rotatable bonds is 4. The molecule has 4 aromatic rings. The summed E-state index contributed by atoms with van der Waals surface area (Å²) in [5, 5.41) is 6.26. The molecule has 0 bridgehead atoms. The number of aromatic amines is 1. The van der Waals surface area contributed by atoms with Gasteiger partial charge in [0.15, 0.2) is 17.2 Å². The third kappa shape index (κ3) is 3.89. The predicted octanol–water partition coefficient (Wildman–Crippen LogP) is 2.06. The van der Waals surface area contributed by atoms with Crippen LogP contribution in [0.5, 0.6) is 0 Å². The SMILES string of the molecule is CNC(=O)c1ccc(N2CCN(Cc3ccc4c([nH]c(=O)c5c(F)cnn54)c3F)C[C@H]2C)c(F)n1. The minimum absolute atomic E-state index is 0.0000132. The molecule has 1 aliphatic rings. The molecule has 1 aliphatic heterocycles. The van der Waals surface area contributed by atoms with Crippen LogP contribution in [0.2, 0.25) is 0 Å². The summed E-state index contributed by atoms with van der Waals surface area (Å²) >= 11 is 0. The molecular weight excluding hydrogens is 463 g/mol. The Morgan fingerprint density at radius 2 is 2.00 bits per heavy atom. The van der Waals surface area contributed by atoms with Gasteiger partial charge in [-0.1, -0.05) is 6.07 Å². The minimum Gasteiger partial charge on any atom is -0.363 e. The molecule has 0 spiro atoms. The van der Waals surface area contributed by atoms with Crippen LogP contribution in [0.25, 0.3) is 16.6 Å². The molecule has 0 unspecified atom stereocenters. The Hall–Kier alpha value is -3.93. The second-order valence-corrected chi connectivity index (χ2v) is 8.50. The Morgan fingerprint density at radius 1 is 1.20 bits per heavy atom. The van der Waals surface area contributed by atoms with Crippen molar-refractivity contribution in [3.05, 3.63) is 69.7 Å². The summed E-state index contributed by atoms with van der Waals surface area (Å²) < 4.78 is 44.9. The average Bonchev–Trinajstić information content (AvgIpc) is 3.23. The van der Waals surface area contributed by atoms with Crippen molar-refractivity contribution in [2.75, 3.05) is 31.6 Å². The molecule has 1 fully saturated rings. The molecular formula is C23H22F3N7O2.